The molecule has 1 aromatic carbocycles. The number of fused-ring (bicyclic) bond motifs is 1. The third-order valence-corrected chi connectivity index (χ3v) is 9.12. The van der Waals surface area contributed by atoms with Gasteiger partial charge < -0.3 is 29.3 Å². The number of piperidine rings is 2. The number of nitrogens with one attached hydrogen (secondary N) is 1. The van der Waals surface area contributed by atoms with Gasteiger partial charge >= 0.3 is 0 Å². The van der Waals surface area contributed by atoms with Gasteiger partial charge in [0.25, 0.3) is 5.91 Å². The first-order valence-corrected chi connectivity index (χ1v) is 14.6. The molecule has 11 heteroatoms. The minimum absolute atomic E-state index is 0.0562. The van der Waals surface area contributed by atoms with Crippen LogP contribution in [0, 0.1) is 12.7 Å². The molecule has 220 valence electrons. The van der Waals surface area contributed by atoms with Crippen molar-refractivity contribution < 1.29 is 28.2 Å². The average Bonchev–Trinajstić information content (AvgIpc) is 2.99. The number of likely N-dealkylation sites (tertiary alicyclic amines) is 1. The number of halogens is 1. The number of nitrogens with zero attached hydrogens (tertiary/aromatic N) is 4. The lowest BCUT2D eigenvalue weighted by Crippen LogP contribution is -2.54. The summed E-state index contributed by atoms with van der Waals surface area (Å²) in [5.41, 5.74) is 0.908. The zero-order valence-electron chi connectivity index (χ0n) is 23.7. The fourth-order valence-corrected chi connectivity index (χ4v) is 6.68. The van der Waals surface area contributed by atoms with E-state index in [1.807, 2.05) is 11.8 Å². The smallest absolute Gasteiger partial charge is 0.272 e. The van der Waals surface area contributed by atoms with Crippen molar-refractivity contribution in [2.75, 3.05) is 51.4 Å². The Balaban J connectivity index is 1.07. The predicted octanol–water partition coefficient (Wildman–Crippen LogP) is 2.93. The van der Waals surface area contributed by atoms with E-state index in [2.05, 4.69) is 20.2 Å². The minimum Gasteiger partial charge on any atom is -0.486 e. The number of benzene rings is 1. The van der Waals surface area contributed by atoms with E-state index in [9.17, 15) is 14.0 Å². The van der Waals surface area contributed by atoms with E-state index < -0.39 is 11.4 Å². The van der Waals surface area contributed by atoms with Crippen LogP contribution in [0.1, 0.15) is 64.9 Å². The highest BCUT2D eigenvalue weighted by atomic mass is 19.1. The summed E-state index contributed by atoms with van der Waals surface area (Å²) in [6.45, 7) is 5.84. The molecule has 4 aliphatic heterocycles. The van der Waals surface area contributed by atoms with E-state index in [4.69, 9.17) is 14.2 Å². The van der Waals surface area contributed by atoms with Crippen molar-refractivity contribution in [1.82, 2.24) is 20.2 Å². The van der Waals surface area contributed by atoms with Crippen LogP contribution in [0.25, 0.3) is 0 Å². The molecule has 0 bridgehead atoms. The molecule has 3 fully saturated rings. The molecule has 0 radical (unpaired) electrons. The van der Waals surface area contributed by atoms with Crippen molar-refractivity contribution in [1.29, 1.82) is 0 Å². The highest BCUT2D eigenvalue weighted by Gasteiger charge is 2.43. The minimum atomic E-state index is -0.607. The van der Waals surface area contributed by atoms with Crippen LogP contribution in [0.2, 0.25) is 0 Å². The van der Waals surface area contributed by atoms with Crippen LogP contribution >= 0.6 is 0 Å². The third kappa shape index (κ3) is 5.67. The number of amides is 1. The van der Waals surface area contributed by atoms with Crippen LogP contribution in [0.4, 0.5) is 10.2 Å². The molecule has 6 rings (SSSR count). The summed E-state index contributed by atoms with van der Waals surface area (Å²) in [4.78, 5) is 39.3. The Morgan fingerprint density at radius 2 is 1.93 bits per heavy atom. The number of ether oxygens (including phenoxy) is 3. The van der Waals surface area contributed by atoms with Crippen LogP contribution in [-0.4, -0.2) is 96.8 Å². The number of hydrogen-bond acceptors (Lipinski definition) is 9. The maximum absolute atomic E-state index is 13.7. The second-order valence-corrected chi connectivity index (χ2v) is 11.7. The molecule has 0 aliphatic carbocycles. The first-order chi connectivity index (χ1) is 19.9. The first kappa shape index (κ1) is 28.0. The summed E-state index contributed by atoms with van der Waals surface area (Å²) in [6, 6.07) is 4.73. The quantitative estimate of drug-likeness (QED) is 0.584. The Morgan fingerprint density at radius 1 is 1.15 bits per heavy atom. The molecular formula is C30H38FN5O5. The molecule has 2 atom stereocenters. The zero-order chi connectivity index (χ0) is 28.6. The summed E-state index contributed by atoms with van der Waals surface area (Å²) in [7, 11) is 1.72. The molecule has 2 unspecified atom stereocenters. The fraction of sp³-hybridized carbons (Fsp3) is 0.600. The number of anilines is 1. The van der Waals surface area contributed by atoms with Crippen molar-refractivity contribution in [2.24, 2.45) is 0 Å². The van der Waals surface area contributed by atoms with Crippen LogP contribution < -0.4 is 15.0 Å². The van der Waals surface area contributed by atoms with Gasteiger partial charge in [-0.15, -0.1) is 0 Å². The molecule has 4 aliphatic rings. The molecule has 1 aromatic heterocycles. The summed E-state index contributed by atoms with van der Waals surface area (Å²) in [6.07, 6.45) is 5.68. The van der Waals surface area contributed by atoms with Crippen molar-refractivity contribution in [2.45, 2.75) is 69.2 Å². The number of ketones is 1. The largest absolute Gasteiger partial charge is 0.486 e. The van der Waals surface area contributed by atoms with Gasteiger partial charge in [0.15, 0.2) is 5.78 Å². The maximum atomic E-state index is 13.7. The number of methoxy groups -OCH3 is 1. The van der Waals surface area contributed by atoms with Gasteiger partial charge in [-0.2, -0.15) is 0 Å². The molecule has 2 aromatic rings. The van der Waals surface area contributed by atoms with Crippen molar-refractivity contribution >= 4 is 17.5 Å². The van der Waals surface area contributed by atoms with Crippen LogP contribution in [0.15, 0.2) is 24.5 Å². The van der Waals surface area contributed by atoms with E-state index in [0.717, 1.165) is 37.3 Å². The van der Waals surface area contributed by atoms with E-state index in [-0.39, 0.29) is 30.3 Å². The molecule has 1 N–H and O–H groups in total. The van der Waals surface area contributed by atoms with Gasteiger partial charge in [0, 0.05) is 70.4 Å². The summed E-state index contributed by atoms with van der Waals surface area (Å²) in [5.74, 6) is 0.601. The third-order valence-electron chi connectivity index (χ3n) is 9.12. The first-order valence-electron chi connectivity index (χ1n) is 14.6. The Bertz CT molecular complexity index is 1290. The van der Waals surface area contributed by atoms with E-state index in [0.29, 0.717) is 68.7 Å². The van der Waals surface area contributed by atoms with Crippen LogP contribution in [0.3, 0.4) is 0 Å². The standard InChI is InChI=1S/C30H38FN5O5/c1-19-27(29(38)36-10-5-21(6-11-36)34-23-7-14-40-17-26(23)39-2)32-18-33-28(19)35-12-8-30(9-13-35)16-24(37)22-15-20(31)3-4-25(22)41-30/h3-4,15,18,21,23,26,34H,5-14,16-17H2,1-2H3. The number of hydrogen-bond donors (Lipinski definition) is 1. The van der Waals surface area contributed by atoms with Gasteiger partial charge in [-0.1, -0.05) is 0 Å². The van der Waals surface area contributed by atoms with Gasteiger partial charge in [0.1, 0.15) is 35.0 Å². The molecule has 41 heavy (non-hydrogen) atoms. The molecule has 5 heterocycles. The molecule has 10 nitrogen and oxygen atoms in total. The van der Waals surface area contributed by atoms with Crippen LogP contribution in [0.5, 0.6) is 5.75 Å². The van der Waals surface area contributed by atoms with Gasteiger partial charge in [-0.3, -0.25) is 9.59 Å². The van der Waals surface area contributed by atoms with E-state index >= 15 is 0 Å². The number of carbonyl (C=O) groups excluding carboxylic acids is 2. The van der Waals surface area contributed by atoms with Crippen molar-refractivity contribution in [3.63, 3.8) is 0 Å². The summed E-state index contributed by atoms with van der Waals surface area (Å²) < 4.78 is 31.1. The lowest BCUT2D eigenvalue weighted by molar-refractivity contribution is -0.0533. The lowest BCUT2D eigenvalue weighted by atomic mass is 9.82. The normalized spacial score (nSPS) is 24.7. The molecule has 0 saturated carbocycles. The Morgan fingerprint density at radius 3 is 2.68 bits per heavy atom. The fourth-order valence-electron chi connectivity index (χ4n) is 6.68. The maximum Gasteiger partial charge on any atom is 0.272 e. The highest BCUT2D eigenvalue weighted by Crippen LogP contribution is 2.40. The molecule has 1 spiro atoms. The lowest BCUT2D eigenvalue weighted by Gasteiger charge is -2.44. The van der Waals surface area contributed by atoms with Gasteiger partial charge in [0.05, 0.1) is 24.7 Å². The molecular weight excluding hydrogens is 529 g/mol. The predicted molar refractivity (Wildman–Crippen MR) is 149 cm³/mol. The molecule has 1 amide bonds. The number of carbonyl (C=O) groups is 2. The van der Waals surface area contributed by atoms with Gasteiger partial charge in [0.2, 0.25) is 0 Å². The van der Waals surface area contributed by atoms with Crippen molar-refractivity contribution in [3.8, 4) is 5.75 Å². The zero-order valence-corrected chi connectivity index (χ0v) is 23.7. The second-order valence-electron chi connectivity index (χ2n) is 11.7. The second kappa shape index (κ2) is 11.6. The van der Waals surface area contributed by atoms with Crippen LogP contribution in [-0.2, 0) is 9.47 Å². The summed E-state index contributed by atoms with van der Waals surface area (Å²) in [5, 5.41) is 3.73. The Hall–Kier alpha value is -3.15. The Kier molecular flexibility index (Phi) is 7.93. The number of rotatable bonds is 5. The van der Waals surface area contributed by atoms with Crippen molar-refractivity contribution in [3.05, 3.63) is 47.2 Å². The summed E-state index contributed by atoms with van der Waals surface area (Å²) >= 11 is 0. The number of aromatic nitrogens is 2. The Labute approximate surface area is 239 Å². The molecule has 3 saturated heterocycles. The number of Topliss-reactive ketones (excluding diaryl/α,β-unsaturated/α-hetero) is 1. The highest BCUT2D eigenvalue weighted by molar-refractivity contribution is 6.00. The average molecular weight is 568 g/mol. The topological polar surface area (TPSA) is 106 Å². The van der Waals surface area contributed by atoms with E-state index in [1.54, 1.807) is 13.2 Å². The monoisotopic (exact) mass is 567 g/mol. The van der Waals surface area contributed by atoms with Gasteiger partial charge in [-0.25, -0.2) is 14.4 Å². The van der Waals surface area contributed by atoms with E-state index in [1.165, 1.54) is 18.5 Å². The SMILES string of the molecule is COC1COCCC1NC1CCN(C(=O)c2ncnc(N3CCC4(CC3)CC(=O)c3cc(F)ccc3O4)c2C)CC1. The van der Waals surface area contributed by atoms with Gasteiger partial charge in [-0.05, 0) is 44.4 Å².